The number of ether oxygens (including phenoxy) is 1. The van der Waals surface area contributed by atoms with E-state index in [-0.39, 0.29) is 18.3 Å². The number of rotatable bonds is 6. The van der Waals surface area contributed by atoms with E-state index >= 15 is 0 Å². The molecule has 24 heavy (non-hydrogen) atoms. The van der Waals surface area contributed by atoms with E-state index in [1.54, 1.807) is 25.6 Å². The zero-order chi connectivity index (χ0) is 17.9. The number of nitrogens with one attached hydrogen (secondary N) is 1. The topological polar surface area (TPSA) is 76.4 Å². The number of carbonyl (C=O) groups is 1. The van der Waals surface area contributed by atoms with Crippen LogP contribution < -0.4 is 10.1 Å². The van der Waals surface area contributed by atoms with Crippen LogP contribution in [0.4, 0.5) is 4.39 Å². The highest BCUT2D eigenvalue weighted by Gasteiger charge is 2.19. The molecule has 0 radical (unpaired) electrons. The van der Waals surface area contributed by atoms with Crippen LogP contribution in [-0.4, -0.2) is 33.4 Å². The molecule has 2 N–H and O–H groups in total. The molecule has 130 valence electrons. The second kappa shape index (κ2) is 7.44. The van der Waals surface area contributed by atoms with Gasteiger partial charge < -0.3 is 15.2 Å². The van der Waals surface area contributed by atoms with E-state index in [1.165, 1.54) is 24.3 Å². The maximum absolute atomic E-state index is 12.9. The molecule has 2 unspecified atom stereocenters. The monoisotopic (exact) mass is 335 g/mol. The van der Waals surface area contributed by atoms with Crippen molar-refractivity contribution in [3.8, 4) is 5.75 Å². The number of benzene rings is 1. The van der Waals surface area contributed by atoms with Crippen molar-refractivity contribution < 1.29 is 19.0 Å². The minimum Gasteiger partial charge on any atom is -0.480 e. The van der Waals surface area contributed by atoms with Crippen molar-refractivity contribution >= 4 is 5.91 Å². The fourth-order valence-electron chi connectivity index (χ4n) is 2.42. The third-order valence-corrected chi connectivity index (χ3v) is 3.86. The molecule has 2 aromatic rings. The molecule has 7 heteroatoms. The molecular weight excluding hydrogens is 313 g/mol. The third-order valence-electron chi connectivity index (χ3n) is 3.86. The van der Waals surface area contributed by atoms with E-state index in [4.69, 9.17) is 4.74 Å². The van der Waals surface area contributed by atoms with Crippen molar-refractivity contribution in [2.24, 2.45) is 7.05 Å². The first kappa shape index (κ1) is 17.9. The van der Waals surface area contributed by atoms with Crippen LogP contribution in [0.3, 0.4) is 0 Å². The summed E-state index contributed by atoms with van der Waals surface area (Å²) in [6.45, 7) is 5.16. The Morgan fingerprint density at radius 2 is 2.00 bits per heavy atom. The minimum atomic E-state index is -0.934. The number of nitrogens with zero attached hydrogens (tertiary/aromatic N) is 2. The highest BCUT2D eigenvalue weighted by Crippen LogP contribution is 2.21. The molecule has 0 fully saturated rings. The van der Waals surface area contributed by atoms with Crippen LogP contribution in [0.15, 0.2) is 24.3 Å². The van der Waals surface area contributed by atoms with E-state index in [2.05, 4.69) is 10.4 Å². The fourth-order valence-corrected chi connectivity index (χ4v) is 2.42. The van der Waals surface area contributed by atoms with Crippen LogP contribution in [0.2, 0.25) is 0 Å². The van der Waals surface area contributed by atoms with Crippen LogP contribution in [0, 0.1) is 19.7 Å². The van der Waals surface area contributed by atoms with E-state index in [1.807, 2.05) is 6.92 Å². The highest BCUT2D eigenvalue weighted by molar-refractivity contribution is 5.78. The van der Waals surface area contributed by atoms with Crippen LogP contribution in [0.5, 0.6) is 5.75 Å². The standard InChI is InChI=1S/C17H22FN3O3/c1-10(16(23)13-5-7-14(18)8-6-13)19-15(22)9-24-17-11(2)20-21(4)12(17)3/h5-8,10,16,23H,9H2,1-4H3,(H,19,22). The number of hydrogen-bond acceptors (Lipinski definition) is 4. The minimum absolute atomic E-state index is 0.173. The number of aryl methyl sites for hydroxylation is 2. The zero-order valence-electron chi connectivity index (χ0n) is 14.2. The van der Waals surface area contributed by atoms with Crippen molar-refractivity contribution in [2.45, 2.75) is 32.9 Å². The molecule has 0 bridgehead atoms. The fraction of sp³-hybridized carbons (Fsp3) is 0.412. The van der Waals surface area contributed by atoms with E-state index in [0.717, 1.165) is 5.69 Å². The van der Waals surface area contributed by atoms with E-state index in [9.17, 15) is 14.3 Å². The molecule has 0 saturated carbocycles. The van der Waals surface area contributed by atoms with Gasteiger partial charge in [-0.15, -0.1) is 0 Å². The van der Waals surface area contributed by atoms with Crippen molar-refractivity contribution in [3.63, 3.8) is 0 Å². The first-order chi connectivity index (χ1) is 11.3. The first-order valence-corrected chi connectivity index (χ1v) is 7.65. The number of carbonyl (C=O) groups excluding carboxylic acids is 1. The average Bonchev–Trinajstić information content (AvgIpc) is 2.78. The van der Waals surface area contributed by atoms with Gasteiger partial charge >= 0.3 is 0 Å². The van der Waals surface area contributed by atoms with E-state index in [0.29, 0.717) is 17.0 Å². The van der Waals surface area contributed by atoms with Gasteiger partial charge in [-0.25, -0.2) is 4.39 Å². The van der Waals surface area contributed by atoms with Gasteiger partial charge in [0, 0.05) is 7.05 Å². The Bertz CT molecular complexity index is 713. The van der Waals surface area contributed by atoms with Gasteiger partial charge in [0.2, 0.25) is 0 Å². The molecule has 1 heterocycles. The SMILES string of the molecule is Cc1nn(C)c(C)c1OCC(=O)NC(C)C(O)c1ccc(F)cc1. The summed E-state index contributed by atoms with van der Waals surface area (Å²) in [5, 5.41) is 17.1. The van der Waals surface area contributed by atoms with E-state index < -0.39 is 12.1 Å². The van der Waals surface area contributed by atoms with Crippen molar-refractivity contribution in [1.82, 2.24) is 15.1 Å². The predicted molar refractivity (Wildman–Crippen MR) is 87.1 cm³/mol. The lowest BCUT2D eigenvalue weighted by molar-refractivity contribution is -0.124. The van der Waals surface area contributed by atoms with Crippen molar-refractivity contribution in [2.75, 3.05) is 6.61 Å². The summed E-state index contributed by atoms with van der Waals surface area (Å²) in [4.78, 5) is 12.0. The molecule has 0 saturated heterocycles. The molecule has 0 aliphatic heterocycles. The van der Waals surface area contributed by atoms with Gasteiger partial charge in [-0.1, -0.05) is 12.1 Å². The maximum atomic E-state index is 12.9. The number of amides is 1. The number of hydrogen-bond donors (Lipinski definition) is 2. The molecule has 0 aliphatic rings. The summed E-state index contributed by atoms with van der Waals surface area (Å²) in [7, 11) is 1.80. The highest BCUT2D eigenvalue weighted by atomic mass is 19.1. The molecule has 1 amide bonds. The summed E-state index contributed by atoms with van der Waals surface area (Å²) in [5.74, 6) is -0.149. The number of aliphatic hydroxyl groups excluding tert-OH is 1. The second-order valence-corrected chi connectivity index (χ2v) is 5.76. The molecule has 0 aliphatic carbocycles. The lowest BCUT2D eigenvalue weighted by Gasteiger charge is -2.20. The zero-order valence-corrected chi connectivity index (χ0v) is 14.2. The quantitative estimate of drug-likeness (QED) is 0.844. The van der Waals surface area contributed by atoms with Gasteiger partial charge in [0.1, 0.15) is 11.5 Å². The molecule has 2 atom stereocenters. The van der Waals surface area contributed by atoms with Gasteiger partial charge in [-0.05, 0) is 38.5 Å². The lowest BCUT2D eigenvalue weighted by atomic mass is 10.0. The Morgan fingerprint density at radius 3 is 2.54 bits per heavy atom. The predicted octanol–water partition coefficient (Wildman–Crippen LogP) is 1.79. The van der Waals surface area contributed by atoms with Gasteiger partial charge in [-0.3, -0.25) is 9.48 Å². The summed E-state index contributed by atoms with van der Waals surface area (Å²) in [6.07, 6.45) is -0.934. The van der Waals surface area contributed by atoms with Crippen LogP contribution in [0.1, 0.15) is 30.0 Å². The molecule has 1 aromatic heterocycles. The molecule has 6 nitrogen and oxygen atoms in total. The van der Waals surface area contributed by atoms with Gasteiger partial charge in [-0.2, -0.15) is 5.10 Å². The second-order valence-electron chi connectivity index (χ2n) is 5.76. The average molecular weight is 335 g/mol. The molecule has 1 aromatic carbocycles. The Hall–Kier alpha value is -2.41. The Kier molecular flexibility index (Phi) is 5.56. The number of aromatic nitrogens is 2. The Balaban J connectivity index is 1.90. The largest absolute Gasteiger partial charge is 0.480 e. The Labute approximate surface area is 140 Å². The summed E-state index contributed by atoms with van der Waals surface area (Å²) in [6, 6.07) is 4.97. The van der Waals surface area contributed by atoms with Crippen LogP contribution in [0.25, 0.3) is 0 Å². The number of halogens is 1. The lowest BCUT2D eigenvalue weighted by Crippen LogP contribution is -2.39. The van der Waals surface area contributed by atoms with Crippen LogP contribution >= 0.6 is 0 Å². The first-order valence-electron chi connectivity index (χ1n) is 7.65. The van der Waals surface area contributed by atoms with Crippen molar-refractivity contribution in [1.29, 1.82) is 0 Å². The summed E-state index contributed by atoms with van der Waals surface area (Å²) >= 11 is 0. The smallest absolute Gasteiger partial charge is 0.258 e. The third kappa shape index (κ3) is 4.11. The molecular formula is C17H22FN3O3. The van der Waals surface area contributed by atoms with Gasteiger partial charge in [0.05, 0.1) is 17.8 Å². The summed E-state index contributed by atoms with van der Waals surface area (Å²) < 4.78 is 20.1. The Morgan fingerprint density at radius 1 is 1.38 bits per heavy atom. The van der Waals surface area contributed by atoms with Crippen molar-refractivity contribution in [3.05, 3.63) is 47.0 Å². The number of aliphatic hydroxyl groups is 1. The maximum Gasteiger partial charge on any atom is 0.258 e. The van der Waals surface area contributed by atoms with Gasteiger partial charge in [0.25, 0.3) is 5.91 Å². The molecule has 0 spiro atoms. The molecule has 2 rings (SSSR count). The van der Waals surface area contributed by atoms with Gasteiger partial charge in [0.15, 0.2) is 12.4 Å². The van der Waals surface area contributed by atoms with Crippen LogP contribution in [-0.2, 0) is 11.8 Å². The normalized spacial score (nSPS) is 13.4. The summed E-state index contributed by atoms with van der Waals surface area (Å²) in [5.41, 5.74) is 2.07.